The summed E-state index contributed by atoms with van der Waals surface area (Å²) in [4.78, 5) is 13.1. The highest BCUT2D eigenvalue weighted by Crippen LogP contribution is 2.51. The molecule has 4 heteroatoms. The molecule has 2 rings (SSSR count). The van der Waals surface area contributed by atoms with Crippen LogP contribution in [0.5, 0.6) is 0 Å². The molecular formula is C16H22N2O2. The van der Waals surface area contributed by atoms with Crippen molar-refractivity contribution >= 4 is 6.09 Å². The molecule has 0 atom stereocenters. The van der Waals surface area contributed by atoms with E-state index in [4.69, 9.17) is 5.73 Å². The Kier molecular flexibility index (Phi) is 4.14. The van der Waals surface area contributed by atoms with Crippen LogP contribution < -0.4 is 5.73 Å². The van der Waals surface area contributed by atoms with Gasteiger partial charge in [-0.05, 0) is 43.4 Å². The Morgan fingerprint density at radius 3 is 2.55 bits per heavy atom. The first-order chi connectivity index (χ1) is 9.51. The summed E-state index contributed by atoms with van der Waals surface area (Å²) in [6, 6.07) is 6.24. The molecule has 1 aliphatic carbocycles. The number of benzene rings is 1. The number of hydrogen-bond acceptors (Lipinski definition) is 2. The second kappa shape index (κ2) is 5.67. The smallest absolute Gasteiger partial charge is 0.408 e. The van der Waals surface area contributed by atoms with Crippen molar-refractivity contribution < 1.29 is 9.90 Å². The number of rotatable bonds is 5. The summed E-state index contributed by atoms with van der Waals surface area (Å²) in [6.45, 7) is 4.95. The molecule has 0 saturated heterocycles. The van der Waals surface area contributed by atoms with Crippen LogP contribution >= 0.6 is 0 Å². The largest absolute Gasteiger partial charge is 0.465 e. The average Bonchev–Trinajstić information content (AvgIpc) is 3.19. The number of carboxylic acid groups (broad SMARTS) is 1. The Bertz CT molecular complexity index is 533. The SMILES string of the molecule is Cc1ccc(C2(N(C/C=C/CN)C(=O)O)CC2)cc1C. The molecule has 4 nitrogen and oxygen atoms in total. The second-order valence-electron chi connectivity index (χ2n) is 5.43. The molecule has 20 heavy (non-hydrogen) atoms. The Labute approximate surface area is 119 Å². The number of aryl methyl sites for hydroxylation is 2. The maximum Gasteiger partial charge on any atom is 0.408 e. The summed E-state index contributed by atoms with van der Waals surface area (Å²) in [5, 5.41) is 9.49. The monoisotopic (exact) mass is 274 g/mol. The third kappa shape index (κ3) is 2.70. The minimum atomic E-state index is -0.873. The second-order valence-corrected chi connectivity index (χ2v) is 5.43. The number of hydrogen-bond donors (Lipinski definition) is 2. The molecule has 1 aliphatic rings. The number of nitrogens with zero attached hydrogens (tertiary/aromatic N) is 1. The first-order valence-electron chi connectivity index (χ1n) is 6.94. The summed E-state index contributed by atoms with van der Waals surface area (Å²) in [5.74, 6) is 0. The van der Waals surface area contributed by atoms with Crippen LogP contribution in [0.15, 0.2) is 30.4 Å². The van der Waals surface area contributed by atoms with Crippen LogP contribution in [0.1, 0.15) is 29.5 Å². The zero-order valence-corrected chi connectivity index (χ0v) is 12.1. The van der Waals surface area contributed by atoms with E-state index in [9.17, 15) is 9.90 Å². The van der Waals surface area contributed by atoms with Gasteiger partial charge < -0.3 is 10.8 Å². The van der Waals surface area contributed by atoms with Crippen LogP contribution in [0.2, 0.25) is 0 Å². The summed E-state index contributed by atoms with van der Waals surface area (Å²) < 4.78 is 0. The fraction of sp³-hybridized carbons (Fsp3) is 0.438. The standard InChI is InChI=1S/C16H22N2O2/c1-12-5-6-14(11-13(12)2)16(7-8-16)18(15(19)20)10-4-3-9-17/h3-6,11H,7-10,17H2,1-2H3,(H,19,20)/b4-3+. The maximum absolute atomic E-state index is 11.6. The molecule has 0 bridgehead atoms. The number of nitrogens with two attached hydrogens (primary N) is 1. The Hall–Kier alpha value is -1.81. The Balaban J connectivity index is 2.28. The van der Waals surface area contributed by atoms with Crippen molar-refractivity contribution in [2.75, 3.05) is 13.1 Å². The van der Waals surface area contributed by atoms with Gasteiger partial charge in [0.1, 0.15) is 0 Å². The highest BCUT2D eigenvalue weighted by Gasteiger charge is 2.51. The van der Waals surface area contributed by atoms with Gasteiger partial charge in [0.05, 0.1) is 5.54 Å². The third-order valence-electron chi connectivity index (χ3n) is 4.11. The van der Waals surface area contributed by atoms with Gasteiger partial charge in [-0.1, -0.05) is 30.4 Å². The Morgan fingerprint density at radius 2 is 2.05 bits per heavy atom. The van der Waals surface area contributed by atoms with Crippen molar-refractivity contribution in [1.29, 1.82) is 0 Å². The van der Waals surface area contributed by atoms with E-state index in [0.29, 0.717) is 13.1 Å². The number of carbonyl (C=O) groups is 1. The zero-order chi connectivity index (χ0) is 14.8. The van der Waals surface area contributed by atoms with Gasteiger partial charge in [0.25, 0.3) is 0 Å². The highest BCUT2D eigenvalue weighted by atomic mass is 16.4. The molecule has 0 aromatic heterocycles. The van der Waals surface area contributed by atoms with Crippen LogP contribution in [0, 0.1) is 13.8 Å². The number of amides is 1. The van der Waals surface area contributed by atoms with Gasteiger partial charge in [0, 0.05) is 13.1 Å². The molecule has 0 aliphatic heterocycles. The minimum Gasteiger partial charge on any atom is -0.465 e. The van der Waals surface area contributed by atoms with Gasteiger partial charge in [-0.2, -0.15) is 0 Å². The van der Waals surface area contributed by atoms with Crippen LogP contribution in [0.4, 0.5) is 4.79 Å². The normalized spacial score (nSPS) is 16.4. The lowest BCUT2D eigenvalue weighted by Crippen LogP contribution is -2.39. The van der Waals surface area contributed by atoms with Gasteiger partial charge in [-0.15, -0.1) is 0 Å². The van der Waals surface area contributed by atoms with Gasteiger partial charge in [-0.25, -0.2) is 4.79 Å². The summed E-state index contributed by atoms with van der Waals surface area (Å²) in [5.41, 5.74) is 8.60. The summed E-state index contributed by atoms with van der Waals surface area (Å²) in [7, 11) is 0. The van der Waals surface area contributed by atoms with Crippen molar-refractivity contribution in [1.82, 2.24) is 4.90 Å². The fourth-order valence-electron chi connectivity index (χ4n) is 2.58. The third-order valence-corrected chi connectivity index (χ3v) is 4.11. The quantitative estimate of drug-likeness (QED) is 0.811. The van der Waals surface area contributed by atoms with E-state index in [0.717, 1.165) is 18.4 Å². The molecule has 1 aromatic carbocycles. The van der Waals surface area contributed by atoms with E-state index in [1.807, 2.05) is 6.08 Å². The predicted molar refractivity (Wildman–Crippen MR) is 79.8 cm³/mol. The van der Waals surface area contributed by atoms with Crippen LogP contribution in [0.25, 0.3) is 0 Å². The minimum absolute atomic E-state index is 0.344. The van der Waals surface area contributed by atoms with E-state index in [1.54, 1.807) is 6.08 Å². The lowest BCUT2D eigenvalue weighted by molar-refractivity contribution is 0.123. The lowest BCUT2D eigenvalue weighted by atomic mass is 9.98. The molecule has 0 radical (unpaired) electrons. The topological polar surface area (TPSA) is 66.6 Å². The van der Waals surface area contributed by atoms with Crippen molar-refractivity contribution in [2.45, 2.75) is 32.2 Å². The van der Waals surface area contributed by atoms with E-state index in [2.05, 4.69) is 32.0 Å². The lowest BCUT2D eigenvalue weighted by Gasteiger charge is -2.29. The summed E-state index contributed by atoms with van der Waals surface area (Å²) >= 11 is 0. The van der Waals surface area contributed by atoms with Crippen LogP contribution in [0.3, 0.4) is 0 Å². The molecule has 1 amide bonds. The molecule has 0 unspecified atom stereocenters. The van der Waals surface area contributed by atoms with E-state index in [-0.39, 0.29) is 5.54 Å². The first-order valence-corrected chi connectivity index (χ1v) is 6.94. The molecule has 108 valence electrons. The van der Waals surface area contributed by atoms with Gasteiger partial charge in [0.2, 0.25) is 0 Å². The van der Waals surface area contributed by atoms with Gasteiger partial charge >= 0.3 is 6.09 Å². The van der Waals surface area contributed by atoms with Crippen LogP contribution in [-0.4, -0.2) is 29.2 Å². The fourth-order valence-corrected chi connectivity index (χ4v) is 2.58. The highest BCUT2D eigenvalue weighted by molar-refractivity contribution is 5.68. The van der Waals surface area contributed by atoms with Crippen molar-refractivity contribution in [3.8, 4) is 0 Å². The molecule has 0 spiro atoms. The van der Waals surface area contributed by atoms with Crippen molar-refractivity contribution in [2.24, 2.45) is 5.73 Å². The molecule has 1 fully saturated rings. The van der Waals surface area contributed by atoms with E-state index < -0.39 is 6.09 Å². The maximum atomic E-state index is 11.6. The Morgan fingerprint density at radius 1 is 1.35 bits per heavy atom. The zero-order valence-electron chi connectivity index (χ0n) is 12.1. The van der Waals surface area contributed by atoms with Crippen LogP contribution in [-0.2, 0) is 5.54 Å². The van der Waals surface area contributed by atoms with E-state index >= 15 is 0 Å². The molecule has 0 heterocycles. The first kappa shape index (κ1) is 14.6. The van der Waals surface area contributed by atoms with Gasteiger partial charge in [0.15, 0.2) is 0 Å². The molecule has 1 saturated carbocycles. The van der Waals surface area contributed by atoms with Gasteiger partial charge in [-0.3, -0.25) is 4.90 Å². The summed E-state index contributed by atoms with van der Waals surface area (Å²) in [6.07, 6.45) is 4.53. The molecule has 3 N–H and O–H groups in total. The van der Waals surface area contributed by atoms with Crippen molar-refractivity contribution in [3.05, 3.63) is 47.0 Å². The predicted octanol–water partition coefficient (Wildman–Crippen LogP) is 2.79. The molecular weight excluding hydrogens is 252 g/mol. The average molecular weight is 274 g/mol. The van der Waals surface area contributed by atoms with E-state index in [1.165, 1.54) is 16.0 Å². The molecule has 1 aromatic rings. The van der Waals surface area contributed by atoms with Crippen molar-refractivity contribution in [3.63, 3.8) is 0 Å².